The lowest BCUT2D eigenvalue weighted by Crippen LogP contribution is -1.98. The van der Waals surface area contributed by atoms with Gasteiger partial charge >= 0.3 is 0 Å². The van der Waals surface area contributed by atoms with E-state index in [0.717, 1.165) is 39.9 Å². The van der Waals surface area contributed by atoms with Gasteiger partial charge in [0.15, 0.2) is 0 Å². The van der Waals surface area contributed by atoms with Gasteiger partial charge in [-0.05, 0) is 44.8 Å². The summed E-state index contributed by atoms with van der Waals surface area (Å²) in [6.45, 7) is 0. The number of fused-ring (bicyclic) bond motifs is 2. The highest BCUT2D eigenvalue weighted by molar-refractivity contribution is 6.00. The molecule has 0 unspecified atom stereocenters. The van der Waals surface area contributed by atoms with Gasteiger partial charge in [-0.2, -0.15) is 0 Å². The van der Waals surface area contributed by atoms with Crippen LogP contribution in [-0.2, 0) is 22.4 Å². The maximum absolute atomic E-state index is 10.9. The van der Waals surface area contributed by atoms with Crippen LogP contribution in [0.3, 0.4) is 0 Å². The molecule has 0 aliphatic heterocycles. The van der Waals surface area contributed by atoms with Crippen molar-refractivity contribution in [2.75, 3.05) is 0 Å². The normalized spacial score (nSPS) is 10.8. The molecule has 0 saturated heterocycles. The molecule has 0 aliphatic rings. The number of carbonyl (C=O) groups is 2. The Labute approximate surface area is 117 Å². The topological polar surface area (TPSA) is 34.1 Å². The summed E-state index contributed by atoms with van der Waals surface area (Å²) in [5, 5.41) is 4.50. The fourth-order valence-corrected chi connectivity index (χ4v) is 2.73. The molecular formula is C18H14O2. The second-order valence-electron chi connectivity index (χ2n) is 4.87. The molecule has 98 valence electrons. The summed E-state index contributed by atoms with van der Waals surface area (Å²) in [4.78, 5) is 21.7. The molecule has 3 aromatic carbocycles. The highest BCUT2D eigenvalue weighted by Gasteiger charge is 2.08. The van der Waals surface area contributed by atoms with Crippen LogP contribution in [0.2, 0.25) is 0 Å². The van der Waals surface area contributed by atoms with Gasteiger partial charge in [-0.3, -0.25) is 0 Å². The van der Waals surface area contributed by atoms with Crippen molar-refractivity contribution in [1.82, 2.24) is 0 Å². The molecule has 0 bridgehead atoms. The van der Waals surface area contributed by atoms with E-state index in [1.807, 2.05) is 24.3 Å². The number of hydrogen-bond acceptors (Lipinski definition) is 2. The maximum Gasteiger partial charge on any atom is 0.124 e. The lowest BCUT2D eigenvalue weighted by molar-refractivity contribution is -0.108. The van der Waals surface area contributed by atoms with Gasteiger partial charge in [0.2, 0.25) is 0 Å². The third-order valence-corrected chi connectivity index (χ3v) is 3.69. The third-order valence-electron chi connectivity index (χ3n) is 3.69. The Morgan fingerprint density at radius 1 is 0.750 bits per heavy atom. The molecule has 0 N–H and O–H groups in total. The van der Waals surface area contributed by atoms with Crippen molar-refractivity contribution < 1.29 is 9.59 Å². The molecule has 0 aliphatic carbocycles. The number of hydrogen-bond donors (Lipinski definition) is 0. The molecular weight excluding hydrogens is 248 g/mol. The predicted molar refractivity (Wildman–Crippen MR) is 81.0 cm³/mol. The molecule has 3 rings (SSSR count). The lowest BCUT2D eigenvalue weighted by Gasteiger charge is -2.10. The fraction of sp³-hybridized carbons (Fsp3) is 0.111. The SMILES string of the molecule is O=CCc1ccc2cc3ccccc3cc2c1CC=O. The molecule has 3 aromatic rings. The van der Waals surface area contributed by atoms with Crippen LogP contribution in [0.1, 0.15) is 11.1 Å². The van der Waals surface area contributed by atoms with E-state index in [0.29, 0.717) is 12.8 Å². The van der Waals surface area contributed by atoms with Crippen LogP contribution in [0.4, 0.5) is 0 Å². The lowest BCUT2D eigenvalue weighted by atomic mass is 9.93. The average molecular weight is 262 g/mol. The number of aldehydes is 2. The first kappa shape index (κ1) is 12.5. The smallest absolute Gasteiger partial charge is 0.124 e. The fourth-order valence-electron chi connectivity index (χ4n) is 2.73. The highest BCUT2D eigenvalue weighted by Crippen LogP contribution is 2.28. The molecule has 0 fully saturated rings. The summed E-state index contributed by atoms with van der Waals surface area (Å²) >= 11 is 0. The van der Waals surface area contributed by atoms with Crippen molar-refractivity contribution in [3.63, 3.8) is 0 Å². The Hall–Kier alpha value is -2.48. The van der Waals surface area contributed by atoms with Crippen molar-refractivity contribution in [2.45, 2.75) is 12.8 Å². The number of benzene rings is 3. The van der Waals surface area contributed by atoms with Crippen LogP contribution < -0.4 is 0 Å². The summed E-state index contributed by atoms with van der Waals surface area (Å²) < 4.78 is 0. The Bertz CT molecular complexity index is 803. The average Bonchev–Trinajstić information content (AvgIpc) is 2.48. The summed E-state index contributed by atoms with van der Waals surface area (Å²) in [6.07, 6.45) is 2.49. The van der Waals surface area contributed by atoms with Crippen molar-refractivity contribution in [2.24, 2.45) is 0 Å². The van der Waals surface area contributed by atoms with Gasteiger partial charge in [0.25, 0.3) is 0 Å². The summed E-state index contributed by atoms with van der Waals surface area (Å²) in [7, 11) is 0. The molecule has 0 spiro atoms. The molecule has 0 amide bonds. The van der Waals surface area contributed by atoms with Crippen LogP contribution in [0.5, 0.6) is 0 Å². The van der Waals surface area contributed by atoms with E-state index in [9.17, 15) is 9.59 Å². The Morgan fingerprint density at radius 2 is 1.45 bits per heavy atom. The van der Waals surface area contributed by atoms with Gasteiger partial charge < -0.3 is 9.59 Å². The van der Waals surface area contributed by atoms with Gasteiger partial charge in [0.05, 0.1) is 0 Å². The second-order valence-corrected chi connectivity index (χ2v) is 4.87. The van der Waals surface area contributed by atoms with E-state index in [4.69, 9.17) is 0 Å². The van der Waals surface area contributed by atoms with E-state index in [1.165, 1.54) is 5.39 Å². The van der Waals surface area contributed by atoms with Crippen molar-refractivity contribution in [3.05, 3.63) is 59.7 Å². The molecule has 2 heteroatoms. The maximum atomic E-state index is 10.9. The van der Waals surface area contributed by atoms with Crippen LogP contribution in [-0.4, -0.2) is 12.6 Å². The largest absolute Gasteiger partial charge is 0.303 e. The Kier molecular flexibility index (Phi) is 3.30. The summed E-state index contributed by atoms with van der Waals surface area (Å²) in [5.41, 5.74) is 1.91. The number of rotatable bonds is 4. The summed E-state index contributed by atoms with van der Waals surface area (Å²) in [5.74, 6) is 0. The standard InChI is InChI=1S/C18H14O2/c19-9-7-13-5-6-16-11-14-3-1-2-4-15(14)12-18(16)17(13)8-10-20/h1-6,9-12H,7-8H2. The third kappa shape index (κ3) is 2.10. The van der Waals surface area contributed by atoms with Crippen LogP contribution >= 0.6 is 0 Å². The summed E-state index contributed by atoms with van der Waals surface area (Å²) in [6, 6.07) is 16.4. The van der Waals surface area contributed by atoms with Crippen molar-refractivity contribution in [1.29, 1.82) is 0 Å². The van der Waals surface area contributed by atoms with Gasteiger partial charge in [-0.15, -0.1) is 0 Å². The molecule has 0 radical (unpaired) electrons. The Morgan fingerprint density at radius 3 is 2.15 bits per heavy atom. The van der Waals surface area contributed by atoms with Gasteiger partial charge in [0, 0.05) is 12.8 Å². The van der Waals surface area contributed by atoms with E-state index in [-0.39, 0.29) is 0 Å². The molecule has 20 heavy (non-hydrogen) atoms. The van der Waals surface area contributed by atoms with Gasteiger partial charge in [-0.1, -0.05) is 36.4 Å². The van der Waals surface area contributed by atoms with E-state index in [1.54, 1.807) is 0 Å². The van der Waals surface area contributed by atoms with Crippen molar-refractivity contribution >= 4 is 34.1 Å². The van der Waals surface area contributed by atoms with E-state index < -0.39 is 0 Å². The van der Waals surface area contributed by atoms with Gasteiger partial charge in [-0.25, -0.2) is 0 Å². The minimum absolute atomic E-state index is 0.346. The first-order chi connectivity index (χ1) is 9.83. The van der Waals surface area contributed by atoms with E-state index in [2.05, 4.69) is 24.3 Å². The monoisotopic (exact) mass is 262 g/mol. The van der Waals surface area contributed by atoms with Gasteiger partial charge in [0.1, 0.15) is 12.6 Å². The van der Waals surface area contributed by atoms with Crippen LogP contribution in [0.15, 0.2) is 48.5 Å². The zero-order valence-electron chi connectivity index (χ0n) is 11.0. The van der Waals surface area contributed by atoms with Crippen LogP contribution in [0.25, 0.3) is 21.5 Å². The second kappa shape index (κ2) is 5.25. The zero-order chi connectivity index (χ0) is 13.9. The molecule has 0 saturated carbocycles. The predicted octanol–water partition coefficient (Wildman–Crippen LogP) is 3.48. The molecule has 0 aromatic heterocycles. The molecule has 0 atom stereocenters. The molecule has 0 heterocycles. The zero-order valence-corrected chi connectivity index (χ0v) is 11.0. The first-order valence-corrected chi connectivity index (χ1v) is 6.64. The van der Waals surface area contributed by atoms with Crippen LogP contribution in [0, 0.1) is 0 Å². The van der Waals surface area contributed by atoms with E-state index >= 15 is 0 Å². The highest BCUT2D eigenvalue weighted by atomic mass is 16.1. The minimum atomic E-state index is 0.346. The number of carbonyl (C=O) groups excluding carboxylic acids is 2. The van der Waals surface area contributed by atoms with Crippen molar-refractivity contribution in [3.8, 4) is 0 Å². The first-order valence-electron chi connectivity index (χ1n) is 6.64. The minimum Gasteiger partial charge on any atom is -0.303 e. The molecule has 2 nitrogen and oxygen atoms in total. The quantitative estimate of drug-likeness (QED) is 0.533. The Balaban J connectivity index is 2.35.